The first-order chi connectivity index (χ1) is 8.99. The number of aryl methyl sites for hydroxylation is 1. The van der Waals surface area contributed by atoms with Crippen LogP contribution in [0.4, 0.5) is 4.39 Å². The average Bonchev–Trinajstić information content (AvgIpc) is 2.78. The normalized spacial score (nSPS) is 23.7. The predicted molar refractivity (Wildman–Crippen MR) is 71.4 cm³/mol. The number of likely N-dealkylation sites (tertiary alicyclic amines) is 1. The van der Waals surface area contributed by atoms with Crippen molar-refractivity contribution in [3.05, 3.63) is 35.1 Å². The van der Waals surface area contributed by atoms with E-state index in [2.05, 4.69) is 0 Å². The van der Waals surface area contributed by atoms with Gasteiger partial charge in [-0.05, 0) is 56.0 Å². The van der Waals surface area contributed by atoms with Crippen molar-refractivity contribution in [3.8, 4) is 0 Å². The van der Waals surface area contributed by atoms with Crippen molar-refractivity contribution in [2.75, 3.05) is 6.54 Å². The maximum atomic E-state index is 13.3. The monoisotopic (exact) mass is 265 g/mol. The third-order valence-electron chi connectivity index (χ3n) is 4.28. The summed E-state index contributed by atoms with van der Waals surface area (Å²) in [6.07, 6.45) is 2.14. The lowest BCUT2D eigenvalue weighted by Crippen LogP contribution is -2.49. The van der Waals surface area contributed by atoms with Gasteiger partial charge in [0.25, 0.3) is 0 Å². The number of carboxylic acids is 1. The van der Waals surface area contributed by atoms with Crippen LogP contribution in [0.5, 0.6) is 0 Å². The highest BCUT2D eigenvalue weighted by atomic mass is 19.1. The Kier molecular flexibility index (Phi) is 3.90. The lowest BCUT2D eigenvalue weighted by molar-refractivity contribution is -0.150. The van der Waals surface area contributed by atoms with Crippen LogP contribution in [0.1, 0.15) is 37.3 Å². The highest BCUT2D eigenvalue weighted by Crippen LogP contribution is 2.34. The summed E-state index contributed by atoms with van der Waals surface area (Å²) in [6, 6.07) is 4.69. The molecule has 1 aromatic carbocycles. The van der Waals surface area contributed by atoms with Crippen LogP contribution < -0.4 is 0 Å². The summed E-state index contributed by atoms with van der Waals surface area (Å²) in [5, 5.41) is 9.52. The predicted octanol–water partition coefficient (Wildman–Crippen LogP) is 2.96. The van der Waals surface area contributed by atoms with Gasteiger partial charge in [0.2, 0.25) is 0 Å². The Hall–Kier alpha value is -1.42. The number of carboxylic acid groups (broad SMARTS) is 1. The van der Waals surface area contributed by atoms with Crippen LogP contribution in [0.2, 0.25) is 0 Å². The summed E-state index contributed by atoms with van der Waals surface area (Å²) < 4.78 is 13.3. The Labute approximate surface area is 113 Å². The molecule has 1 heterocycles. The van der Waals surface area contributed by atoms with Gasteiger partial charge < -0.3 is 5.11 Å². The molecule has 1 N–H and O–H groups in total. The summed E-state index contributed by atoms with van der Waals surface area (Å²) in [7, 11) is 0. The summed E-state index contributed by atoms with van der Waals surface area (Å²) in [5.41, 5.74) is 1.10. The fraction of sp³-hybridized carbons (Fsp3) is 0.533. The van der Waals surface area contributed by atoms with E-state index in [1.165, 1.54) is 12.1 Å². The molecule has 0 amide bonds. The van der Waals surface area contributed by atoms with Crippen molar-refractivity contribution in [2.24, 2.45) is 0 Å². The van der Waals surface area contributed by atoms with Gasteiger partial charge in [0.05, 0.1) is 0 Å². The van der Waals surface area contributed by atoms with Crippen molar-refractivity contribution < 1.29 is 14.3 Å². The van der Waals surface area contributed by atoms with Gasteiger partial charge in [-0.25, -0.2) is 4.39 Å². The highest BCUT2D eigenvalue weighted by Gasteiger charge is 2.45. The molecule has 19 heavy (non-hydrogen) atoms. The quantitative estimate of drug-likeness (QED) is 0.910. The van der Waals surface area contributed by atoms with Gasteiger partial charge in [0.1, 0.15) is 11.4 Å². The van der Waals surface area contributed by atoms with E-state index in [0.717, 1.165) is 24.1 Å². The van der Waals surface area contributed by atoms with Gasteiger partial charge in [0.15, 0.2) is 0 Å². The van der Waals surface area contributed by atoms with E-state index in [1.54, 1.807) is 6.07 Å². The molecule has 1 unspecified atom stereocenters. The molecule has 1 aromatic rings. The summed E-state index contributed by atoms with van der Waals surface area (Å²) in [4.78, 5) is 13.6. The molecule has 4 heteroatoms. The van der Waals surface area contributed by atoms with Crippen LogP contribution in [-0.2, 0) is 11.3 Å². The molecule has 0 saturated carbocycles. The van der Waals surface area contributed by atoms with E-state index < -0.39 is 11.5 Å². The van der Waals surface area contributed by atoms with Crippen molar-refractivity contribution in [3.63, 3.8) is 0 Å². The maximum absolute atomic E-state index is 13.3. The number of carbonyl (C=O) groups is 1. The molecule has 1 atom stereocenters. The van der Waals surface area contributed by atoms with Crippen LogP contribution in [0.15, 0.2) is 18.2 Å². The fourth-order valence-corrected chi connectivity index (χ4v) is 2.97. The maximum Gasteiger partial charge on any atom is 0.324 e. The number of rotatable bonds is 4. The van der Waals surface area contributed by atoms with Gasteiger partial charge in [-0.1, -0.05) is 13.0 Å². The van der Waals surface area contributed by atoms with Crippen molar-refractivity contribution in [1.29, 1.82) is 0 Å². The van der Waals surface area contributed by atoms with E-state index in [4.69, 9.17) is 0 Å². The number of hydrogen-bond acceptors (Lipinski definition) is 2. The average molecular weight is 265 g/mol. The zero-order chi connectivity index (χ0) is 14.0. The third-order valence-corrected chi connectivity index (χ3v) is 4.28. The van der Waals surface area contributed by atoms with E-state index in [1.807, 2.05) is 18.7 Å². The summed E-state index contributed by atoms with van der Waals surface area (Å²) in [6.45, 7) is 5.10. The van der Waals surface area contributed by atoms with Gasteiger partial charge in [0, 0.05) is 6.54 Å². The standard InChI is InChI=1S/C15H20FNO2/c1-3-15(14(18)19)7-4-8-17(15)10-12-9-13(16)6-5-11(12)2/h5-6,9H,3-4,7-8,10H2,1-2H3,(H,18,19). The minimum atomic E-state index is -0.779. The van der Waals surface area contributed by atoms with Crippen LogP contribution >= 0.6 is 0 Å². The van der Waals surface area contributed by atoms with Crippen LogP contribution in [0.25, 0.3) is 0 Å². The highest BCUT2D eigenvalue weighted by molar-refractivity contribution is 5.79. The number of aliphatic carboxylic acids is 1. The van der Waals surface area contributed by atoms with E-state index in [0.29, 0.717) is 19.4 Å². The van der Waals surface area contributed by atoms with Crippen molar-refractivity contribution >= 4 is 5.97 Å². The molecule has 3 nitrogen and oxygen atoms in total. The van der Waals surface area contributed by atoms with E-state index in [-0.39, 0.29) is 5.82 Å². The lowest BCUT2D eigenvalue weighted by atomic mass is 9.92. The van der Waals surface area contributed by atoms with Crippen molar-refractivity contribution in [2.45, 2.75) is 45.2 Å². The summed E-state index contributed by atoms with van der Waals surface area (Å²) in [5.74, 6) is -1.03. The number of benzene rings is 1. The zero-order valence-corrected chi connectivity index (χ0v) is 11.4. The van der Waals surface area contributed by atoms with Gasteiger partial charge >= 0.3 is 5.97 Å². The molecule has 0 aromatic heterocycles. The molecular formula is C15H20FNO2. The fourth-order valence-electron chi connectivity index (χ4n) is 2.97. The SMILES string of the molecule is CCC1(C(=O)O)CCCN1Cc1cc(F)ccc1C. The first kappa shape index (κ1) is 14.0. The molecule has 104 valence electrons. The molecule has 1 saturated heterocycles. The van der Waals surface area contributed by atoms with Gasteiger partial charge in [-0.15, -0.1) is 0 Å². The Morgan fingerprint density at radius 1 is 1.53 bits per heavy atom. The third kappa shape index (κ3) is 2.50. The first-order valence-electron chi connectivity index (χ1n) is 6.73. The minimum absolute atomic E-state index is 0.266. The molecule has 2 rings (SSSR count). The second-order valence-electron chi connectivity index (χ2n) is 5.29. The van der Waals surface area contributed by atoms with E-state index >= 15 is 0 Å². The molecule has 0 aliphatic carbocycles. The molecule has 1 fully saturated rings. The largest absolute Gasteiger partial charge is 0.480 e. The lowest BCUT2D eigenvalue weighted by Gasteiger charge is -2.34. The van der Waals surface area contributed by atoms with Crippen LogP contribution in [0, 0.1) is 12.7 Å². The first-order valence-corrected chi connectivity index (χ1v) is 6.73. The Bertz CT molecular complexity index is 489. The second-order valence-corrected chi connectivity index (χ2v) is 5.29. The molecule has 0 radical (unpaired) electrons. The zero-order valence-electron chi connectivity index (χ0n) is 11.4. The smallest absolute Gasteiger partial charge is 0.324 e. The van der Waals surface area contributed by atoms with Gasteiger partial charge in [-0.3, -0.25) is 9.69 Å². The van der Waals surface area contributed by atoms with Crippen molar-refractivity contribution in [1.82, 2.24) is 4.90 Å². The van der Waals surface area contributed by atoms with Crippen LogP contribution in [-0.4, -0.2) is 28.1 Å². The molecule has 0 spiro atoms. The number of nitrogens with zero attached hydrogens (tertiary/aromatic N) is 1. The number of hydrogen-bond donors (Lipinski definition) is 1. The van der Waals surface area contributed by atoms with Gasteiger partial charge in [-0.2, -0.15) is 0 Å². The second kappa shape index (κ2) is 5.29. The Morgan fingerprint density at radius 3 is 2.89 bits per heavy atom. The summed E-state index contributed by atoms with van der Waals surface area (Å²) >= 11 is 0. The molecular weight excluding hydrogens is 245 g/mol. The molecule has 1 aliphatic heterocycles. The topological polar surface area (TPSA) is 40.5 Å². The minimum Gasteiger partial charge on any atom is -0.480 e. The Morgan fingerprint density at radius 2 is 2.26 bits per heavy atom. The Balaban J connectivity index is 2.27. The van der Waals surface area contributed by atoms with Crippen LogP contribution in [0.3, 0.4) is 0 Å². The van der Waals surface area contributed by atoms with E-state index in [9.17, 15) is 14.3 Å². The number of halogens is 1. The molecule has 0 bridgehead atoms. The molecule has 1 aliphatic rings.